The van der Waals surface area contributed by atoms with Crippen molar-refractivity contribution in [1.29, 1.82) is 0 Å². The zero-order chi connectivity index (χ0) is 9.52. The minimum atomic E-state index is -0.00315. The smallest absolute Gasteiger partial charge is 0.229 e. The van der Waals surface area contributed by atoms with Gasteiger partial charge in [-0.25, -0.2) is 0 Å². The van der Waals surface area contributed by atoms with Crippen LogP contribution in [0.1, 0.15) is 0 Å². The molecule has 1 rings (SSSR count). The van der Waals surface area contributed by atoms with Crippen molar-refractivity contribution < 1.29 is 9.53 Å². The lowest BCUT2D eigenvalue weighted by molar-refractivity contribution is -0.118. The Balaban J connectivity index is 2.01. The van der Waals surface area contributed by atoms with Crippen LogP contribution in [0.5, 0.6) is 0 Å². The highest BCUT2D eigenvalue weighted by atomic mass is 32.1. The Labute approximate surface area is 84.0 Å². The molecule has 0 aliphatic carbocycles. The van der Waals surface area contributed by atoms with Crippen molar-refractivity contribution in [2.24, 2.45) is 0 Å². The number of nitrogens with zero attached hydrogens (tertiary/aromatic N) is 1. The Morgan fingerprint density at radius 2 is 2.15 bits per heavy atom. The molecule has 0 aromatic heterocycles. The molecule has 0 spiro atoms. The van der Waals surface area contributed by atoms with Crippen LogP contribution in [-0.2, 0) is 9.53 Å². The molecule has 13 heavy (non-hydrogen) atoms. The van der Waals surface area contributed by atoms with Crippen molar-refractivity contribution in [3.05, 3.63) is 0 Å². The first-order valence-corrected chi connectivity index (χ1v) is 5.14. The molecule has 0 aromatic rings. The predicted molar refractivity (Wildman–Crippen MR) is 54.1 cm³/mol. The Hall–Kier alpha value is -0.260. The van der Waals surface area contributed by atoms with E-state index < -0.39 is 0 Å². The molecule has 76 valence electrons. The van der Waals surface area contributed by atoms with Gasteiger partial charge in [0.25, 0.3) is 0 Å². The van der Waals surface area contributed by atoms with E-state index in [1.54, 1.807) is 0 Å². The topological polar surface area (TPSA) is 41.6 Å². The standard InChI is InChI=1S/C8H16N2O2S/c11-8(7-13)9-1-2-10-3-5-12-6-4-10/h13H,1-7H2,(H,9,11). The molecule has 1 aliphatic heterocycles. The van der Waals surface area contributed by atoms with Crippen molar-refractivity contribution in [3.63, 3.8) is 0 Å². The van der Waals surface area contributed by atoms with E-state index in [0.717, 1.165) is 32.8 Å². The van der Waals surface area contributed by atoms with Crippen LogP contribution < -0.4 is 5.32 Å². The molecule has 1 aliphatic rings. The molecular weight excluding hydrogens is 188 g/mol. The number of thiol groups is 1. The van der Waals surface area contributed by atoms with Gasteiger partial charge in [0.15, 0.2) is 0 Å². The van der Waals surface area contributed by atoms with Gasteiger partial charge in [-0.1, -0.05) is 0 Å². The maximum atomic E-state index is 10.8. The first-order valence-electron chi connectivity index (χ1n) is 4.50. The molecule has 0 unspecified atom stereocenters. The molecule has 0 bridgehead atoms. The van der Waals surface area contributed by atoms with E-state index in [2.05, 4.69) is 22.8 Å². The lowest BCUT2D eigenvalue weighted by atomic mass is 10.4. The normalized spacial score (nSPS) is 18.5. The van der Waals surface area contributed by atoms with Gasteiger partial charge < -0.3 is 10.1 Å². The molecule has 1 amide bonds. The summed E-state index contributed by atoms with van der Waals surface area (Å²) in [6.07, 6.45) is 0. The van der Waals surface area contributed by atoms with Crippen LogP contribution >= 0.6 is 12.6 Å². The maximum Gasteiger partial charge on any atom is 0.229 e. The average molecular weight is 204 g/mol. The monoisotopic (exact) mass is 204 g/mol. The maximum absolute atomic E-state index is 10.8. The van der Waals surface area contributed by atoms with Crippen LogP contribution in [-0.4, -0.2) is 56.0 Å². The zero-order valence-electron chi connectivity index (χ0n) is 7.66. The second-order valence-corrected chi connectivity index (χ2v) is 3.28. The number of hydrogen-bond donors (Lipinski definition) is 2. The highest BCUT2D eigenvalue weighted by molar-refractivity contribution is 7.81. The number of nitrogens with one attached hydrogen (secondary N) is 1. The number of morpholine rings is 1. The second kappa shape index (κ2) is 6.23. The summed E-state index contributed by atoms with van der Waals surface area (Å²) in [6.45, 7) is 5.16. The van der Waals surface area contributed by atoms with Gasteiger partial charge in [-0.15, -0.1) is 0 Å². The number of ether oxygens (including phenoxy) is 1. The van der Waals surface area contributed by atoms with Crippen LogP contribution in [0.4, 0.5) is 0 Å². The molecule has 5 heteroatoms. The van der Waals surface area contributed by atoms with Crippen molar-refractivity contribution in [2.75, 3.05) is 45.1 Å². The van der Waals surface area contributed by atoms with Gasteiger partial charge in [-0.2, -0.15) is 12.6 Å². The van der Waals surface area contributed by atoms with Crippen LogP contribution in [0.3, 0.4) is 0 Å². The van der Waals surface area contributed by atoms with Crippen LogP contribution in [0.25, 0.3) is 0 Å². The van der Waals surface area contributed by atoms with Crippen LogP contribution in [0.15, 0.2) is 0 Å². The van der Waals surface area contributed by atoms with Crippen molar-refractivity contribution in [2.45, 2.75) is 0 Å². The fourth-order valence-electron chi connectivity index (χ4n) is 1.23. The number of amides is 1. The second-order valence-electron chi connectivity index (χ2n) is 2.96. The Kier molecular flexibility index (Phi) is 5.19. The fourth-order valence-corrected chi connectivity index (χ4v) is 1.35. The van der Waals surface area contributed by atoms with Crippen LogP contribution in [0.2, 0.25) is 0 Å². The summed E-state index contributed by atoms with van der Waals surface area (Å²) in [5, 5.41) is 2.78. The summed E-state index contributed by atoms with van der Waals surface area (Å²) in [5.41, 5.74) is 0. The summed E-state index contributed by atoms with van der Waals surface area (Å²) >= 11 is 3.87. The first kappa shape index (κ1) is 10.8. The first-order chi connectivity index (χ1) is 6.33. The van der Waals surface area contributed by atoms with E-state index in [4.69, 9.17) is 4.74 Å². The van der Waals surface area contributed by atoms with Gasteiger partial charge in [0.1, 0.15) is 0 Å². The number of carbonyl (C=O) groups excluding carboxylic acids is 1. The third-order valence-corrected chi connectivity index (χ3v) is 2.28. The third-order valence-electron chi connectivity index (χ3n) is 2.00. The molecule has 1 heterocycles. The number of hydrogen-bond acceptors (Lipinski definition) is 4. The third kappa shape index (κ3) is 4.50. The van der Waals surface area contributed by atoms with Crippen molar-refractivity contribution >= 4 is 18.5 Å². The van der Waals surface area contributed by atoms with Gasteiger partial charge in [-0.05, 0) is 0 Å². The minimum absolute atomic E-state index is 0.00315. The fraction of sp³-hybridized carbons (Fsp3) is 0.875. The van der Waals surface area contributed by atoms with Crippen LogP contribution in [0, 0.1) is 0 Å². The van der Waals surface area contributed by atoms with E-state index >= 15 is 0 Å². The van der Waals surface area contributed by atoms with Crippen molar-refractivity contribution in [3.8, 4) is 0 Å². The Bertz CT molecular complexity index is 160. The Morgan fingerprint density at radius 1 is 1.46 bits per heavy atom. The van der Waals surface area contributed by atoms with Gasteiger partial charge in [-0.3, -0.25) is 9.69 Å². The zero-order valence-corrected chi connectivity index (χ0v) is 8.56. The lowest BCUT2D eigenvalue weighted by Gasteiger charge is -2.26. The van der Waals surface area contributed by atoms with E-state index in [-0.39, 0.29) is 11.7 Å². The largest absolute Gasteiger partial charge is 0.379 e. The minimum Gasteiger partial charge on any atom is -0.379 e. The molecule has 0 radical (unpaired) electrons. The van der Waals surface area contributed by atoms with Crippen molar-refractivity contribution in [1.82, 2.24) is 10.2 Å². The number of carbonyl (C=O) groups is 1. The highest BCUT2D eigenvalue weighted by Crippen LogP contribution is 1.94. The highest BCUT2D eigenvalue weighted by Gasteiger charge is 2.09. The number of rotatable bonds is 4. The summed E-state index contributed by atoms with van der Waals surface area (Å²) < 4.78 is 5.21. The summed E-state index contributed by atoms with van der Waals surface area (Å²) in [5.74, 6) is 0.264. The van der Waals surface area contributed by atoms with E-state index in [1.807, 2.05) is 0 Å². The van der Waals surface area contributed by atoms with E-state index in [1.165, 1.54) is 0 Å². The molecular formula is C8H16N2O2S. The molecule has 0 aromatic carbocycles. The molecule has 0 atom stereocenters. The molecule has 4 nitrogen and oxygen atoms in total. The summed E-state index contributed by atoms with van der Waals surface area (Å²) in [6, 6.07) is 0. The van der Waals surface area contributed by atoms with Gasteiger partial charge >= 0.3 is 0 Å². The van der Waals surface area contributed by atoms with Gasteiger partial charge in [0, 0.05) is 26.2 Å². The van der Waals surface area contributed by atoms with E-state index in [0.29, 0.717) is 6.54 Å². The quantitative estimate of drug-likeness (QED) is 0.599. The SMILES string of the molecule is O=C(CS)NCCN1CCOCC1. The molecule has 1 fully saturated rings. The molecule has 1 saturated heterocycles. The molecule has 1 N–H and O–H groups in total. The molecule has 0 saturated carbocycles. The van der Waals surface area contributed by atoms with E-state index in [9.17, 15) is 4.79 Å². The predicted octanol–water partition coefficient (Wildman–Crippen LogP) is -0.635. The lowest BCUT2D eigenvalue weighted by Crippen LogP contribution is -2.41. The average Bonchev–Trinajstić information content (AvgIpc) is 2.19. The van der Waals surface area contributed by atoms with Gasteiger partial charge in [0.2, 0.25) is 5.91 Å². The Morgan fingerprint density at radius 3 is 2.77 bits per heavy atom. The van der Waals surface area contributed by atoms with Gasteiger partial charge in [0.05, 0.1) is 19.0 Å². The summed E-state index contributed by atoms with van der Waals surface area (Å²) in [7, 11) is 0. The summed E-state index contributed by atoms with van der Waals surface area (Å²) in [4.78, 5) is 13.1.